The number of ether oxygens (including phenoxy) is 1. The molecule has 0 saturated heterocycles. The number of anilines is 1. The predicted octanol–water partition coefficient (Wildman–Crippen LogP) is 4.27. The van der Waals surface area contributed by atoms with Crippen LogP contribution < -0.4 is 5.32 Å². The zero-order chi connectivity index (χ0) is 17.3. The summed E-state index contributed by atoms with van der Waals surface area (Å²) < 4.78 is 10.6. The molecule has 0 aromatic carbocycles. The Morgan fingerprint density at radius 2 is 2.04 bits per heavy atom. The van der Waals surface area contributed by atoms with Crippen LogP contribution in [0.3, 0.4) is 0 Å². The van der Waals surface area contributed by atoms with Gasteiger partial charge in [-0.05, 0) is 58.1 Å². The second kappa shape index (κ2) is 6.81. The number of hydrogen-bond donors (Lipinski definition) is 1. The number of amides is 1. The first kappa shape index (κ1) is 16.8. The van der Waals surface area contributed by atoms with E-state index in [0.717, 1.165) is 31.2 Å². The molecule has 128 valence electrons. The number of carbonyl (C=O) groups is 2. The van der Waals surface area contributed by atoms with Gasteiger partial charge in [-0.1, -0.05) is 0 Å². The number of hydrogen-bond acceptors (Lipinski definition) is 5. The summed E-state index contributed by atoms with van der Waals surface area (Å²) in [5.41, 5.74) is 2.07. The van der Waals surface area contributed by atoms with Gasteiger partial charge in [0.05, 0.1) is 17.7 Å². The van der Waals surface area contributed by atoms with E-state index in [1.165, 1.54) is 16.2 Å². The van der Waals surface area contributed by atoms with Crippen LogP contribution >= 0.6 is 11.3 Å². The van der Waals surface area contributed by atoms with E-state index >= 15 is 0 Å². The minimum absolute atomic E-state index is 0.256. The summed E-state index contributed by atoms with van der Waals surface area (Å²) in [4.78, 5) is 26.2. The van der Waals surface area contributed by atoms with Gasteiger partial charge in [0.2, 0.25) is 0 Å². The molecule has 6 heteroatoms. The Kier molecular flexibility index (Phi) is 4.76. The maximum absolute atomic E-state index is 12.6. The largest absolute Gasteiger partial charge is 0.466 e. The highest BCUT2D eigenvalue weighted by Gasteiger charge is 2.28. The zero-order valence-corrected chi connectivity index (χ0v) is 15.0. The van der Waals surface area contributed by atoms with E-state index < -0.39 is 0 Å². The number of furan rings is 1. The van der Waals surface area contributed by atoms with Crippen LogP contribution in [-0.2, 0) is 17.6 Å². The van der Waals surface area contributed by atoms with Crippen LogP contribution in [0.25, 0.3) is 0 Å². The van der Waals surface area contributed by atoms with Crippen molar-refractivity contribution in [2.24, 2.45) is 0 Å². The molecule has 0 saturated carbocycles. The number of thiophene rings is 1. The normalized spacial score (nSPS) is 13.5. The molecule has 3 rings (SSSR count). The maximum atomic E-state index is 12.6. The van der Waals surface area contributed by atoms with Crippen molar-refractivity contribution in [3.63, 3.8) is 0 Å². The number of aryl methyl sites for hydroxylation is 3. The standard InChI is InChI=1S/C18H21NO4S/c1-4-22-18(21)15-12-7-5-6-8-14(12)24-17(15)19-16(20)13-9-10(2)23-11(13)3/h9H,4-8H2,1-3H3,(H,19,20). The quantitative estimate of drug-likeness (QED) is 0.839. The molecule has 0 spiro atoms. The lowest BCUT2D eigenvalue weighted by Crippen LogP contribution is -2.16. The first-order valence-electron chi connectivity index (χ1n) is 8.21. The Hall–Kier alpha value is -2.08. The van der Waals surface area contributed by atoms with E-state index in [1.807, 2.05) is 0 Å². The van der Waals surface area contributed by atoms with Crippen molar-refractivity contribution >= 4 is 28.2 Å². The third-order valence-electron chi connectivity index (χ3n) is 4.16. The van der Waals surface area contributed by atoms with Crippen molar-refractivity contribution in [3.8, 4) is 0 Å². The molecule has 5 nitrogen and oxygen atoms in total. The van der Waals surface area contributed by atoms with E-state index in [9.17, 15) is 9.59 Å². The molecule has 1 aliphatic rings. The van der Waals surface area contributed by atoms with Crippen molar-refractivity contribution in [3.05, 3.63) is 39.2 Å². The Balaban J connectivity index is 1.95. The molecule has 2 aromatic rings. The molecule has 2 aromatic heterocycles. The molecule has 0 unspecified atom stereocenters. The Morgan fingerprint density at radius 3 is 2.71 bits per heavy atom. The van der Waals surface area contributed by atoms with Crippen LogP contribution in [0.5, 0.6) is 0 Å². The summed E-state index contributed by atoms with van der Waals surface area (Å²) in [5, 5.41) is 3.48. The summed E-state index contributed by atoms with van der Waals surface area (Å²) in [5.74, 6) is 0.651. The predicted molar refractivity (Wildman–Crippen MR) is 93.1 cm³/mol. The van der Waals surface area contributed by atoms with Gasteiger partial charge in [-0.2, -0.15) is 0 Å². The first-order valence-corrected chi connectivity index (χ1v) is 9.03. The van der Waals surface area contributed by atoms with Crippen LogP contribution in [0.1, 0.15) is 62.4 Å². The smallest absolute Gasteiger partial charge is 0.341 e. The zero-order valence-electron chi connectivity index (χ0n) is 14.2. The molecule has 0 fully saturated rings. The fourth-order valence-electron chi connectivity index (χ4n) is 3.10. The minimum Gasteiger partial charge on any atom is -0.466 e. The Labute approximate surface area is 145 Å². The van der Waals surface area contributed by atoms with Crippen molar-refractivity contribution < 1.29 is 18.7 Å². The SMILES string of the molecule is CCOC(=O)c1c(NC(=O)c2cc(C)oc2C)sc2c1CCCC2. The highest BCUT2D eigenvalue weighted by Crippen LogP contribution is 2.39. The molecule has 0 radical (unpaired) electrons. The summed E-state index contributed by atoms with van der Waals surface area (Å²) in [6.45, 7) is 5.66. The molecular formula is C18H21NO4S. The lowest BCUT2D eigenvalue weighted by atomic mass is 9.95. The van der Waals surface area contributed by atoms with Gasteiger partial charge in [-0.25, -0.2) is 4.79 Å². The summed E-state index contributed by atoms with van der Waals surface area (Å²) in [7, 11) is 0. The van der Waals surface area contributed by atoms with Gasteiger partial charge < -0.3 is 14.5 Å². The summed E-state index contributed by atoms with van der Waals surface area (Å²) in [6.07, 6.45) is 3.98. The van der Waals surface area contributed by atoms with Crippen LogP contribution in [0.4, 0.5) is 5.00 Å². The Bertz CT molecular complexity index is 787. The van der Waals surface area contributed by atoms with Gasteiger partial charge in [0.15, 0.2) is 0 Å². The van der Waals surface area contributed by atoms with Crippen LogP contribution in [0.2, 0.25) is 0 Å². The minimum atomic E-state index is -0.354. The van der Waals surface area contributed by atoms with Gasteiger partial charge >= 0.3 is 5.97 Å². The molecule has 0 aliphatic heterocycles. The average molecular weight is 347 g/mol. The Morgan fingerprint density at radius 1 is 1.29 bits per heavy atom. The maximum Gasteiger partial charge on any atom is 0.341 e. The highest BCUT2D eigenvalue weighted by molar-refractivity contribution is 7.17. The third-order valence-corrected chi connectivity index (χ3v) is 5.37. The number of fused-ring (bicyclic) bond motifs is 1. The molecule has 0 atom stereocenters. The van der Waals surface area contributed by atoms with Crippen molar-refractivity contribution in [2.75, 3.05) is 11.9 Å². The van der Waals surface area contributed by atoms with Gasteiger partial charge in [0.1, 0.15) is 16.5 Å². The van der Waals surface area contributed by atoms with Gasteiger partial charge in [0, 0.05) is 4.88 Å². The number of esters is 1. The molecule has 1 N–H and O–H groups in total. The van der Waals surface area contributed by atoms with Crippen LogP contribution in [0, 0.1) is 13.8 Å². The molecule has 1 amide bonds. The van der Waals surface area contributed by atoms with E-state index in [2.05, 4.69) is 5.32 Å². The van der Waals surface area contributed by atoms with Crippen LogP contribution in [0.15, 0.2) is 10.5 Å². The average Bonchev–Trinajstić information content (AvgIpc) is 3.06. The fraction of sp³-hybridized carbons (Fsp3) is 0.444. The monoisotopic (exact) mass is 347 g/mol. The summed E-state index contributed by atoms with van der Waals surface area (Å²) >= 11 is 1.49. The highest BCUT2D eigenvalue weighted by atomic mass is 32.1. The van der Waals surface area contributed by atoms with Crippen molar-refractivity contribution in [1.82, 2.24) is 0 Å². The second-order valence-electron chi connectivity index (χ2n) is 5.92. The van der Waals surface area contributed by atoms with Gasteiger partial charge in [-0.3, -0.25) is 4.79 Å². The van der Waals surface area contributed by atoms with Crippen molar-refractivity contribution in [2.45, 2.75) is 46.5 Å². The van der Waals surface area contributed by atoms with Gasteiger partial charge in [0.25, 0.3) is 5.91 Å². The van der Waals surface area contributed by atoms with E-state index in [1.54, 1.807) is 26.8 Å². The van der Waals surface area contributed by atoms with E-state index in [-0.39, 0.29) is 11.9 Å². The molecule has 1 aliphatic carbocycles. The fourth-order valence-corrected chi connectivity index (χ4v) is 4.37. The molecule has 2 heterocycles. The number of rotatable bonds is 4. The third kappa shape index (κ3) is 3.11. The first-order chi connectivity index (χ1) is 11.5. The van der Waals surface area contributed by atoms with Gasteiger partial charge in [-0.15, -0.1) is 11.3 Å². The number of carbonyl (C=O) groups excluding carboxylic acids is 2. The lowest BCUT2D eigenvalue weighted by molar-refractivity contribution is 0.0526. The van der Waals surface area contributed by atoms with Crippen LogP contribution in [-0.4, -0.2) is 18.5 Å². The number of nitrogens with one attached hydrogen (secondary N) is 1. The van der Waals surface area contributed by atoms with E-state index in [0.29, 0.717) is 34.3 Å². The lowest BCUT2D eigenvalue weighted by Gasteiger charge is -2.12. The van der Waals surface area contributed by atoms with Crippen molar-refractivity contribution in [1.29, 1.82) is 0 Å². The second-order valence-corrected chi connectivity index (χ2v) is 7.02. The van der Waals surface area contributed by atoms with E-state index in [4.69, 9.17) is 9.15 Å². The molecule has 24 heavy (non-hydrogen) atoms. The molecule has 0 bridgehead atoms. The topological polar surface area (TPSA) is 68.5 Å². The summed E-state index contributed by atoms with van der Waals surface area (Å²) in [6, 6.07) is 1.71. The molecular weight excluding hydrogens is 326 g/mol.